The van der Waals surface area contributed by atoms with E-state index in [9.17, 15) is 14.4 Å². The molecule has 1 aliphatic carbocycles. The number of imide groups is 1. The van der Waals surface area contributed by atoms with Gasteiger partial charge in [0.1, 0.15) is 0 Å². The summed E-state index contributed by atoms with van der Waals surface area (Å²) in [6.45, 7) is 3.24. The van der Waals surface area contributed by atoms with Crippen LogP contribution < -0.4 is 5.32 Å². The van der Waals surface area contributed by atoms with Gasteiger partial charge in [-0.25, -0.2) is 0 Å². The molecule has 0 bridgehead atoms. The van der Waals surface area contributed by atoms with Gasteiger partial charge in [0.05, 0.1) is 11.1 Å². The van der Waals surface area contributed by atoms with Crippen molar-refractivity contribution in [3.05, 3.63) is 35.4 Å². The fourth-order valence-corrected chi connectivity index (χ4v) is 3.74. The van der Waals surface area contributed by atoms with E-state index in [1.165, 1.54) is 17.7 Å². The number of amides is 3. The number of carbonyl (C=O) groups is 3. The maximum absolute atomic E-state index is 12.3. The minimum atomic E-state index is -0.301. The summed E-state index contributed by atoms with van der Waals surface area (Å²) in [7, 11) is 0. The van der Waals surface area contributed by atoms with E-state index in [2.05, 4.69) is 10.2 Å². The molecule has 25 heavy (non-hydrogen) atoms. The summed E-state index contributed by atoms with van der Waals surface area (Å²) in [4.78, 5) is 40.4. The van der Waals surface area contributed by atoms with Gasteiger partial charge in [0.2, 0.25) is 5.91 Å². The van der Waals surface area contributed by atoms with Gasteiger partial charge < -0.3 is 10.2 Å². The van der Waals surface area contributed by atoms with Gasteiger partial charge in [0, 0.05) is 38.6 Å². The molecule has 0 radical (unpaired) electrons. The van der Waals surface area contributed by atoms with Gasteiger partial charge in [0.15, 0.2) is 0 Å². The fraction of sp³-hybridized carbons (Fsp3) is 0.526. The summed E-state index contributed by atoms with van der Waals surface area (Å²) in [5.74, 6) is 0.174. The number of nitrogens with one attached hydrogen (secondary N) is 1. The van der Waals surface area contributed by atoms with E-state index in [0.717, 1.165) is 32.0 Å². The lowest BCUT2D eigenvalue weighted by Crippen LogP contribution is -2.40. The van der Waals surface area contributed by atoms with Gasteiger partial charge in [-0.3, -0.25) is 19.3 Å². The standard InChI is InChI=1S/C19H23N3O3/c23-17(20-14-7-9-21(12-14)11-13-5-6-13)8-10-22-18(24)15-3-1-2-4-16(15)19(22)25/h1-4,13-14H,5-12H2,(H,20,23)/t14-/m0/s1. The Balaban J connectivity index is 1.25. The minimum Gasteiger partial charge on any atom is -0.352 e. The van der Waals surface area contributed by atoms with Crippen molar-refractivity contribution < 1.29 is 14.4 Å². The summed E-state index contributed by atoms with van der Waals surface area (Å²) in [5, 5.41) is 3.05. The van der Waals surface area contributed by atoms with Crippen molar-refractivity contribution in [1.82, 2.24) is 15.1 Å². The molecule has 0 spiro atoms. The van der Waals surface area contributed by atoms with Crippen LogP contribution in [0.4, 0.5) is 0 Å². The number of carbonyl (C=O) groups excluding carboxylic acids is 3. The molecule has 1 N–H and O–H groups in total. The molecule has 1 saturated carbocycles. The molecule has 0 unspecified atom stereocenters. The first-order valence-electron chi connectivity index (χ1n) is 9.09. The average molecular weight is 341 g/mol. The Morgan fingerprint density at radius 1 is 1.08 bits per heavy atom. The highest BCUT2D eigenvalue weighted by molar-refractivity contribution is 6.21. The highest BCUT2D eigenvalue weighted by Gasteiger charge is 2.35. The SMILES string of the molecule is O=C(CCN1C(=O)c2ccccc2C1=O)N[C@H]1CCN(CC2CC2)C1. The highest BCUT2D eigenvalue weighted by Crippen LogP contribution is 2.30. The zero-order valence-corrected chi connectivity index (χ0v) is 14.2. The number of fused-ring (bicyclic) bond motifs is 1. The van der Waals surface area contributed by atoms with Gasteiger partial charge in [-0.05, 0) is 37.3 Å². The molecule has 3 amide bonds. The molecule has 2 fully saturated rings. The predicted molar refractivity (Wildman–Crippen MR) is 92.1 cm³/mol. The Labute approximate surface area is 147 Å². The van der Waals surface area contributed by atoms with E-state index in [0.29, 0.717) is 11.1 Å². The zero-order chi connectivity index (χ0) is 17.4. The van der Waals surface area contributed by atoms with Crippen LogP contribution in [0.25, 0.3) is 0 Å². The molecule has 1 atom stereocenters. The molecule has 4 rings (SSSR count). The summed E-state index contributed by atoms with van der Waals surface area (Å²) < 4.78 is 0. The third-order valence-corrected chi connectivity index (χ3v) is 5.29. The Kier molecular flexibility index (Phi) is 4.29. The second-order valence-corrected chi connectivity index (χ2v) is 7.31. The van der Waals surface area contributed by atoms with Crippen molar-refractivity contribution in [2.24, 2.45) is 5.92 Å². The summed E-state index contributed by atoms with van der Waals surface area (Å²) in [5.41, 5.74) is 0.860. The van der Waals surface area contributed by atoms with Crippen LogP contribution in [0.2, 0.25) is 0 Å². The average Bonchev–Trinajstić information content (AvgIpc) is 3.26. The van der Waals surface area contributed by atoms with Crippen LogP contribution in [0.15, 0.2) is 24.3 Å². The van der Waals surface area contributed by atoms with Gasteiger partial charge >= 0.3 is 0 Å². The first-order chi connectivity index (χ1) is 12.1. The summed E-state index contributed by atoms with van der Waals surface area (Å²) in [6, 6.07) is 6.99. The normalized spacial score (nSPS) is 23.2. The summed E-state index contributed by atoms with van der Waals surface area (Å²) >= 11 is 0. The maximum Gasteiger partial charge on any atom is 0.261 e. The molecule has 2 heterocycles. The Morgan fingerprint density at radius 2 is 1.76 bits per heavy atom. The van der Waals surface area contributed by atoms with E-state index in [4.69, 9.17) is 0 Å². The molecule has 1 aromatic rings. The van der Waals surface area contributed by atoms with Crippen molar-refractivity contribution in [2.45, 2.75) is 31.7 Å². The largest absolute Gasteiger partial charge is 0.352 e. The minimum absolute atomic E-state index is 0.0881. The fourth-order valence-electron chi connectivity index (χ4n) is 3.74. The number of nitrogens with zero attached hydrogens (tertiary/aromatic N) is 2. The van der Waals surface area contributed by atoms with Crippen LogP contribution >= 0.6 is 0 Å². The van der Waals surface area contributed by atoms with Crippen molar-refractivity contribution in [3.8, 4) is 0 Å². The smallest absolute Gasteiger partial charge is 0.261 e. The molecule has 1 saturated heterocycles. The van der Waals surface area contributed by atoms with Crippen LogP contribution in [0.1, 0.15) is 46.4 Å². The van der Waals surface area contributed by atoms with Crippen LogP contribution in [0.5, 0.6) is 0 Å². The molecular formula is C19H23N3O3. The number of hydrogen-bond donors (Lipinski definition) is 1. The van der Waals surface area contributed by atoms with Crippen molar-refractivity contribution in [2.75, 3.05) is 26.2 Å². The van der Waals surface area contributed by atoms with Gasteiger partial charge in [-0.1, -0.05) is 12.1 Å². The molecule has 0 aromatic heterocycles. The Hall–Kier alpha value is -2.21. The molecule has 1 aromatic carbocycles. The summed E-state index contributed by atoms with van der Waals surface area (Å²) in [6.07, 6.45) is 3.82. The highest BCUT2D eigenvalue weighted by atomic mass is 16.2. The molecule has 132 valence electrons. The molecule has 3 aliphatic rings. The van der Waals surface area contributed by atoms with E-state index in [-0.39, 0.29) is 36.7 Å². The maximum atomic E-state index is 12.3. The third kappa shape index (κ3) is 3.44. The van der Waals surface area contributed by atoms with E-state index >= 15 is 0 Å². The lowest BCUT2D eigenvalue weighted by molar-refractivity contribution is -0.121. The lowest BCUT2D eigenvalue weighted by atomic mass is 10.1. The molecular weight excluding hydrogens is 318 g/mol. The van der Waals surface area contributed by atoms with Gasteiger partial charge in [-0.15, -0.1) is 0 Å². The number of hydrogen-bond acceptors (Lipinski definition) is 4. The van der Waals surface area contributed by atoms with E-state index < -0.39 is 0 Å². The first kappa shape index (κ1) is 16.3. The van der Waals surface area contributed by atoms with Crippen molar-refractivity contribution in [1.29, 1.82) is 0 Å². The number of rotatable bonds is 6. The molecule has 6 nitrogen and oxygen atoms in total. The second kappa shape index (κ2) is 6.59. The lowest BCUT2D eigenvalue weighted by Gasteiger charge is -2.17. The van der Waals surface area contributed by atoms with Crippen LogP contribution in [0, 0.1) is 5.92 Å². The third-order valence-electron chi connectivity index (χ3n) is 5.29. The van der Waals surface area contributed by atoms with Crippen molar-refractivity contribution >= 4 is 17.7 Å². The van der Waals surface area contributed by atoms with E-state index in [1.807, 2.05) is 0 Å². The van der Waals surface area contributed by atoms with Gasteiger partial charge in [0.25, 0.3) is 11.8 Å². The topological polar surface area (TPSA) is 69.7 Å². The first-order valence-corrected chi connectivity index (χ1v) is 9.09. The van der Waals surface area contributed by atoms with Crippen LogP contribution in [0.3, 0.4) is 0 Å². The molecule has 2 aliphatic heterocycles. The Morgan fingerprint density at radius 3 is 2.40 bits per heavy atom. The van der Waals surface area contributed by atoms with Crippen LogP contribution in [-0.4, -0.2) is 59.7 Å². The number of benzene rings is 1. The number of likely N-dealkylation sites (tertiary alicyclic amines) is 1. The van der Waals surface area contributed by atoms with Crippen molar-refractivity contribution in [3.63, 3.8) is 0 Å². The van der Waals surface area contributed by atoms with Gasteiger partial charge in [-0.2, -0.15) is 0 Å². The van der Waals surface area contributed by atoms with E-state index in [1.54, 1.807) is 24.3 Å². The van der Waals surface area contributed by atoms with Crippen LogP contribution in [-0.2, 0) is 4.79 Å². The second-order valence-electron chi connectivity index (χ2n) is 7.31. The zero-order valence-electron chi connectivity index (χ0n) is 14.2. The Bertz CT molecular complexity index is 679. The molecule has 6 heteroatoms. The quantitative estimate of drug-likeness (QED) is 0.791. The predicted octanol–water partition coefficient (Wildman–Crippen LogP) is 1.27. The monoisotopic (exact) mass is 341 g/mol.